The van der Waals surface area contributed by atoms with E-state index in [0.29, 0.717) is 0 Å². The van der Waals surface area contributed by atoms with Crippen LogP contribution in [0.3, 0.4) is 0 Å². The number of aliphatic hydroxyl groups excluding tert-OH is 1. The fourth-order valence-corrected chi connectivity index (χ4v) is 1.07. The maximum atomic E-state index is 10.8. The zero-order chi connectivity index (χ0) is 8.48. The molecule has 0 spiro atoms. The van der Waals surface area contributed by atoms with Gasteiger partial charge in [-0.3, -0.25) is 10.1 Å². The lowest BCUT2D eigenvalue weighted by Gasteiger charge is -2.35. The Labute approximate surface area is 65.5 Å². The molecule has 0 aromatic rings. The minimum atomic E-state index is -0.465. The van der Waals surface area contributed by atoms with E-state index in [1.165, 1.54) is 0 Å². The number of rotatable bonds is 1. The molecule has 2 unspecified atom stereocenters. The van der Waals surface area contributed by atoms with E-state index in [-0.39, 0.29) is 25.2 Å². The van der Waals surface area contributed by atoms with Gasteiger partial charge < -0.3 is 9.84 Å². The smallest absolute Gasteiger partial charge is 0.322 e. The molecule has 1 aliphatic heterocycles. The zero-order valence-electron chi connectivity index (χ0n) is 6.76. The van der Waals surface area contributed by atoms with Crippen LogP contribution >= 0.6 is 0 Å². The molecule has 64 valence electrons. The number of carbonyl (C=O) groups is 1. The summed E-state index contributed by atoms with van der Waals surface area (Å²) < 4.78 is 4.84. The SMILES string of the molecule is CC1NC(C)(CO)COC1=O. The summed E-state index contributed by atoms with van der Waals surface area (Å²) in [5.74, 6) is -0.254. The Hall–Kier alpha value is -0.610. The molecule has 0 aliphatic carbocycles. The lowest BCUT2D eigenvalue weighted by atomic mass is 10.0. The van der Waals surface area contributed by atoms with Crippen molar-refractivity contribution < 1.29 is 14.6 Å². The summed E-state index contributed by atoms with van der Waals surface area (Å²) in [6.07, 6.45) is 0. The first-order valence-corrected chi connectivity index (χ1v) is 3.62. The third-order valence-corrected chi connectivity index (χ3v) is 1.80. The molecule has 1 saturated heterocycles. The molecule has 0 aromatic carbocycles. The van der Waals surface area contributed by atoms with Gasteiger partial charge in [0.05, 0.1) is 12.1 Å². The van der Waals surface area contributed by atoms with Gasteiger partial charge in [-0.1, -0.05) is 0 Å². The predicted molar refractivity (Wildman–Crippen MR) is 39.0 cm³/mol. The van der Waals surface area contributed by atoms with Crippen LogP contribution in [0.25, 0.3) is 0 Å². The maximum absolute atomic E-state index is 10.8. The molecule has 2 N–H and O–H groups in total. The standard InChI is InChI=1S/C7H13NO3/c1-5-6(10)11-4-7(2,3-9)8-5/h5,8-9H,3-4H2,1-2H3. The Morgan fingerprint density at radius 2 is 2.55 bits per heavy atom. The highest BCUT2D eigenvalue weighted by Gasteiger charge is 2.34. The minimum absolute atomic E-state index is 0.0232. The molecule has 0 radical (unpaired) electrons. The quantitative estimate of drug-likeness (QED) is 0.495. The third-order valence-electron chi connectivity index (χ3n) is 1.80. The second kappa shape index (κ2) is 2.79. The number of hydrogen-bond acceptors (Lipinski definition) is 4. The molecule has 0 saturated carbocycles. The molecule has 0 bridgehead atoms. The van der Waals surface area contributed by atoms with Crippen molar-refractivity contribution in [1.29, 1.82) is 0 Å². The number of esters is 1. The van der Waals surface area contributed by atoms with Gasteiger partial charge in [0.15, 0.2) is 0 Å². The van der Waals surface area contributed by atoms with Gasteiger partial charge in [0.1, 0.15) is 12.6 Å². The van der Waals surface area contributed by atoms with E-state index in [9.17, 15) is 4.79 Å². The minimum Gasteiger partial charge on any atom is -0.462 e. The Bertz CT molecular complexity index is 171. The van der Waals surface area contributed by atoms with Crippen LogP contribution in [0.5, 0.6) is 0 Å². The van der Waals surface area contributed by atoms with Crippen LogP contribution in [0.1, 0.15) is 13.8 Å². The van der Waals surface area contributed by atoms with E-state index in [4.69, 9.17) is 9.84 Å². The summed E-state index contributed by atoms with van der Waals surface area (Å²) in [5, 5.41) is 11.9. The number of carbonyl (C=O) groups excluding carboxylic acids is 1. The Balaban J connectivity index is 2.58. The van der Waals surface area contributed by atoms with E-state index < -0.39 is 5.54 Å². The van der Waals surface area contributed by atoms with E-state index in [1.54, 1.807) is 6.92 Å². The first-order chi connectivity index (χ1) is 5.07. The lowest BCUT2D eigenvalue weighted by Crippen LogP contribution is -2.60. The highest BCUT2D eigenvalue weighted by Crippen LogP contribution is 2.11. The van der Waals surface area contributed by atoms with Crippen molar-refractivity contribution in [3.63, 3.8) is 0 Å². The molecule has 11 heavy (non-hydrogen) atoms. The number of hydrogen-bond donors (Lipinski definition) is 2. The predicted octanol–water partition coefficient (Wildman–Crippen LogP) is -0.728. The summed E-state index contributed by atoms with van der Waals surface area (Å²) in [5.41, 5.74) is -0.465. The summed E-state index contributed by atoms with van der Waals surface area (Å²) in [4.78, 5) is 10.8. The van der Waals surface area contributed by atoms with E-state index in [2.05, 4.69) is 5.32 Å². The molecule has 1 aliphatic rings. The Morgan fingerprint density at radius 1 is 1.91 bits per heavy atom. The average Bonchev–Trinajstić information content (AvgIpc) is 1.98. The van der Waals surface area contributed by atoms with Gasteiger partial charge >= 0.3 is 5.97 Å². The van der Waals surface area contributed by atoms with Gasteiger partial charge in [-0.05, 0) is 13.8 Å². The third kappa shape index (κ3) is 1.70. The van der Waals surface area contributed by atoms with E-state index in [0.717, 1.165) is 0 Å². The van der Waals surface area contributed by atoms with Crippen LogP contribution < -0.4 is 5.32 Å². The first kappa shape index (κ1) is 8.49. The second-order valence-electron chi connectivity index (χ2n) is 3.19. The van der Waals surface area contributed by atoms with E-state index in [1.807, 2.05) is 6.92 Å². The molecule has 1 heterocycles. The molecule has 2 atom stereocenters. The normalized spacial score (nSPS) is 38.5. The van der Waals surface area contributed by atoms with Crippen molar-refractivity contribution >= 4 is 5.97 Å². The number of aliphatic hydroxyl groups is 1. The van der Waals surface area contributed by atoms with Crippen LogP contribution in [0.2, 0.25) is 0 Å². The Morgan fingerprint density at radius 3 is 3.00 bits per heavy atom. The van der Waals surface area contributed by atoms with Crippen LogP contribution in [0.4, 0.5) is 0 Å². The van der Waals surface area contributed by atoms with Gasteiger partial charge in [0, 0.05) is 0 Å². The molecule has 1 fully saturated rings. The second-order valence-corrected chi connectivity index (χ2v) is 3.19. The number of nitrogens with one attached hydrogen (secondary N) is 1. The van der Waals surface area contributed by atoms with Crippen LogP contribution in [-0.4, -0.2) is 35.9 Å². The van der Waals surface area contributed by atoms with Gasteiger partial charge in [0.25, 0.3) is 0 Å². The van der Waals surface area contributed by atoms with Gasteiger partial charge in [-0.15, -0.1) is 0 Å². The first-order valence-electron chi connectivity index (χ1n) is 3.62. The van der Waals surface area contributed by atoms with Crippen molar-refractivity contribution in [3.8, 4) is 0 Å². The van der Waals surface area contributed by atoms with Crippen molar-refractivity contribution in [1.82, 2.24) is 5.32 Å². The molecule has 0 amide bonds. The van der Waals surface area contributed by atoms with Gasteiger partial charge in [-0.2, -0.15) is 0 Å². The number of morpholine rings is 1. The van der Waals surface area contributed by atoms with Gasteiger partial charge in [0.2, 0.25) is 0 Å². The van der Waals surface area contributed by atoms with Crippen LogP contribution in [0, 0.1) is 0 Å². The molecular formula is C7H13NO3. The summed E-state index contributed by atoms with van der Waals surface area (Å²) in [6.45, 7) is 3.75. The van der Waals surface area contributed by atoms with Crippen molar-refractivity contribution in [2.24, 2.45) is 0 Å². The summed E-state index contributed by atoms with van der Waals surface area (Å²) in [6, 6.07) is -0.319. The van der Waals surface area contributed by atoms with Crippen LogP contribution in [-0.2, 0) is 9.53 Å². The lowest BCUT2D eigenvalue weighted by molar-refractivity contribution is -0.155. The van der Waals surface area contributed by atoms with E-state index >= 15 is 0 Å². The van der Waals surface area contributed by atoms with Crippen molar-refractivity contribution in [2.75, 3.05) is 13.2 Å². The molecule has 1 rings (SSSR count). The summed E-state index contributed by atoms with van der Waals surface area (Å²) in [7, 11) is 0. The van der Waals surface area contributed by atoms with Crippen molar-refractivity contribution in [2.45, 2.75) is 25.4 Å². The van der Waals surface area contributed by atoms with Crippen molar-refractivity contribution in [3.05, 3.63) is 0 Å². The highest BCUT2D eigenvalue weighted by atomic mass is 16.5. The highest BCUT2D eigenvalue weighted by molar-refractivity contribution is 5.76. The maximum Gasteiger partial charge on any atom is 0.322 e. The molecule has 4 nitrogen and oxygen atoms in total. The largest absolute Gasteiger partial charge is 0.462 e. The zero-order valence-corrected chi connectivity index (χ0v) is 6.76. The monoisotopic (exact) mass is 159 g/mol. The molecule has 4 heteroatoms. The fraction of sp³-hybridized carbons (Fsp3) is 0.857. The molecular weight excluding hydrogens is 146 g/mol. The molecule has 0 aromatic heterocycles. The van der Waals surface area contributed by atoms with Crippen LogP contribution in [0.15, 0.2) is 0 Å². The fourth-order valence-electron chi connectivity index (χ4n) is 1.07. The topological polar surface area (TPSA) is 58.6 Å². The number of cyclic esters (lactones) is 1. The van der Waals surface area contributed by atoms with Gasteiger partial charge in [-0.25, -0.2) is 0 Å². The average molecular weight is 159 g/mol. The Kier molecular flexibility index (Phi) is 2.15. The number of ether oxygens (including phenoxy) is 1. The summed E-state index contributed by atoms with van der Waals surface area (Å²) >= 11 is 0.